The topological polar surface area (TPSA) is 9.23 Å². The van der Waals surface area contributed by atoms with Crippen molar-refractivity contribution < 1.29 is 39.9 Å². The summed E-state index contributed by atoms with van der Waals surface area (Å²) in [6, 6.07) is 17.6. The van der Waals surface area contributed by atoms with Crippen LogP contribution >= 0.6 is 0 Å². The lowest BCUT2D eigenvalue weighted by Crippen LogP contribution is -2.25. The van der Waals surface area contributed by atoms with Crippen LogP contribution in [0.4, 0.5) is 35.1 Å². The first-order chi connectivity index (χ1) is 20.5. The Morgan fingerprint density at radius 2 is 1.05 bits per heavy atom. The maximum Gasteiger partial charge on any atom is 0.432 e. The molecule has 0 bridgehead atoms. The summed E-state index contributed by atoms with van der Waals surface area (Å²) in [7, 11) is 0. The Morgan fingerprint density at radius 3 is 1.65 bits per heavy atom. The molecule has 0 aliphatic carbocycles. The molecule has 5 aromatic carbocycles. The van der Waals surface area contributed by atoms with E-state index in [2.05, 4.69) is 11.7 Å². The van der Waals surface area contributed by atoms with Crippen LogP contribution in [0.15, 0.2) is 91.0 Å². The van der Waals surface area contributed by atoms with Crippen molar-refractivity contribution in [3.8, 4) is 39.1 Å². The largest absolute Gasteiger partial charge is 0.432 e. The third-order valence-electron chi connectivity index (χ3n) is 6.86. The van der Waals surface area contributed by atoms with E-state index >= 15 is 4.39 Å². The second-order valence-corrected chi connectivity index (χ2v) is 9.85. The predicted molar refractivity (Wildman–Crippen MR) is 147 cm³/mol. The van der Waals surface area contributed by atoms with Crippen LogP contribution in [0.3, 0.4) is 0 Å². The maximum atomic E-state index is 15.0. The van der Waals surface area contributed by atoms with Crippen molar-refractivity contribution in [2.75, 3.05) is 0 Å². The van der Waals surface area contributed by atoms with Crippen LogP contribution in [0.1, 0.15) is 24.5 Å². The molecule has 0 aromatic heterocycles. The summed E-state index contributed by atoms with van der Waals surface area (Å²) in [4.78, 5) is 0. The Balaban J connectivity index is 1.39. The molecule has 9 heteroatoms. The SMILES string of the molecule is CCCc1ccc(-c2ccc(-c3cc(F)c(C(F)(F)Oc4ccc(-c5ccc(F)c(F)c5)c(F)c4)c(F)c3)c(F)c2)cc1. The van der Waals surface area contributed by atoms with E-state index < -0.39 is 52.3 Å². The minimum atomic E-state index is -4.60. The highest BCUT2D eigenvalue weighted by Gasteiger charge is 2.41. The molecule has 0 aliphatic rings. The zero-order valence-corrected chi connectivity index (χ0v) is 22.5. The van der Waals surface area contributed by atoms with E-state index in [0.29, 0.717) is 23.8 Å². The summed E-state index contributed by atoms with van der Waals surface area (Å²) < 4.78 is 121. The van der Waals surface area contributed by atoms with Crippen molar-refractivity contribution >= 4 is 0 Å². The molecule has 0 unspecified atom stereocenters. The Labute approximate surface area is 242 Å². The van der Waals surface area contributed by atoms with E-state index in [4.69, 9.17) is 0 Å². The van der Waals surface area contributed by atoms with Crippen molar-refractivity contribution in [2.45, 2.75) is 25.9 Å². The zero-order valence-electron chi connectivity index (χ0n) is 22.5. The van der Waals surface area contributed by atoms with Gasteiger partial charge in [0.15, 0.2) is 11.6 Å². The number of hydrogen-bond donors (Lipinski definition) is 0. The fourth-order valence-electron chi connectivity index (χ4n) is 4.74. The van der Waals surface area contributed by atoms with Gasteiger partial charge < -0.3 is 4.74 Å². The fraction of sp³-hybridized carbons (Fsp3) is 0.118. The number of aryl methyl sites for hydroxylation is 1. The standard InChI is InChI=1S/C34H22F8O/c1-2-3-19-4-6-20(7-5-19)21-8-11-26(28(36)14-21)23-16-31(39)33(32(40)17-23)34(41,42)43-24-10-12-25(29(37)18-24)22-9-13-27(35)30(38)15-22/h4-18H,2-3H2,1H3. The summed E-state index contributed by atoms with van der Waals surface area (Å²) in [5.41, 5.74) is -0.253. The molecule has 5 rings (SSSR count). The molecule has 0 fully saturated rings. The Hall–Kier alpha value is -4.66. The first-order valence-corrected chi connectivity index (χ1v) is 13.2. The van der Waals surface area contributed by atoms with Crippen LogP contribution in [0.2, 0.25) is 0 Å². The Morgan fingerprint density at radius 1 is 0.512 bits per heavy atom. The van der Waals surface area contributed by atoms with Gasteiger partial charge in [0.05, 0.1) is 0 Å². The van der Waals surface area contributed by atoms with Crippen LogP contribution in [-0.4, -0.2) is 0 Å². The van der Waals surface area contributed by atoms with Gasteiger partial charge in [0.25, 0.3) is 0 Å². The van der Waals surface area contributed by atoms with Crippen molar-refractivity contribution in [3.05, 3.63) is 137 Å². The maximum absolute atomic E-state index is 15.0. The zero-order chi connectivity index (χ0) is 30.9. The van der Waals surface area contributed by atoms with Gasteiger partial charge in [-0.05, 0) is 76.7 Å². The lowest BCUT2D eigenvalue weighted by molar-refractivity contribution is -0.189. The number of halogens is 8. The molecule has 43 heavy (non-hydrogen) atoms. The van der Waals surface area contributed by atoms with Crippen molar-refractivity contribution in [3.63, 3.8) is 0 Å². The molecular weight excluding hydrogens is 576 g/mol. The molecule has 220 valence electrons. The van der Waals surface area contributed by atoms with Gasteiger partial charge in [-0.25, -0.2) is 26.3 Å². The molecule has 1 nitrogen and oxygen atoms in total. The second-order valence-electron chi connectivity index (χ2n) is 9.85. The minimum Gasteiger partial charge on any atom is -0.429 e. The monoisotopic (exact) mass is 598 g/mol. The third kappa shape index (κ3) is 6.26. The Bertz CT molecular complexity index is 1770. The molecule has 0 amide bonds. The third-order valence-corrected chi connectivity index (χ3v) is 6.86. The molecule has 0 radical (unpaired) electrons. The van der Waals surface area contributed by atoms with Gasteiger partial charge in [0.2, 0.25) is 0 Å². The van der Waals surface area contributed by atoms with Gasteiger partial charge in [0, 0.05) is 17.2 Å². The van der Waals surface area contributed by atoms with Crippen molar-refractivity contribution in [1.82, 2.24) is 0 Å². The van der Waals surface area contributed by atoms with Crippen LogP contribution in [0, 0.1) is 34.9 Å². The highest BCUT2D eigenvalue weighted by molar-refractivity contribution is 5.71. The number of benzene rings is 5. The van der Waals surface area contributed by atoms with E-state index in [9.17, 15) is 30.7 Å². The first kappa shape index (κ1) is 29.8. The molecule has 0 atom stereocenters. The summed E-state index contributed by atoms with van der Waals surface area (Å²) >= 11 is 0. The van der Waals surface area contributed by atoms with Crippen LogP contribution < -0.4 is 4.74 Å². The lowest BCUT2D eigenvalue weighted by atomic mass is 9.97. The van der Waals surface area contributed by atoms with E-state index in [-0.39, 0.29) is 22.3 Å². The van der Waals surface area contributed by atoms with Gasteiger partial charge >= 0.3 is 6.11 Å². The van der Waals surface area contributed by atoms with Crippen LogP contribution in [-0.2, 0) is 12.5 Å². The Kier molecular flexibility index (Phi) is 8.26. The van der Waals surface area contributed by atoms with E-state index in [1.807, 2.05) is 24.3 Å². The van der Waals surface area contributed by atoms with Crippen LogP contribution in [0.5, 0.6) is 5.75 Å². The van der Waals surface area contributed by atoms with Crippen LogP contribution in [0.25, 0.3) is 33.4 Å². The van der Waals surface area contributed by atoms with Gasteiger partial charge in [-0.15, -0.1) is 0 Å². The highest BCUT2D eigenvalue weighted by atomic mass is 19.3. The van der Waals surface area contributed by atoms with E-state index in [0.717, 1.165) is 54.3 Å². The normalized spacial score (nSPS) is 11.6. The average molecular weight is 599 g/mol. The molecule has 0 N–H and O–H groups in total. The first-order valence-electron chi connectivity index (χ1n) is 13.2. The number of alkyl halides is 2. The van der Waals surface area contributed by atoms with E-state index in [1.54, 1.807) is 6.07 Å². The second kappa shape index (κ2) is 11.9. The number of hydrogen-bond acceptors (Lipinski definition) is 1. The molecule has 5 aromatic rings. The molecule has 0 aliphatic heterocycles. The summed E-state index contributed by atoms with van der Waals surface area (Å²) in [6.07, 6.45) is -2.73. The van der Waals surface area contributed by atoms with E-state index in [1.165, 1.54) is 12.1 Å². The lowest BCUT2D eigenvalue weighted by Gasteiger charge is -2.20. The number of rotatable bonds is 8. The van der Waals surface area contributed by atoms with Gasteiger partial charge in [-0.2, -0.15) is 8.78 Å². The molecule has 0 saturated carbocycles. The number of ether oxygens (including phenoxy) is 1. The smallest absolute Gasteiger partial charge is 0.429 e. The predicted octanol–water partition coefficient (Wildman–Crippen LogP) is 10.6. The highest BCUT2D eigenvalue weighted by Crippen LogP contribution is 2.39. The quantitative estimate of drug-likeness (QED) is 0.162. The van der Waals surface area contributed by atoms with Gasteiger partial charge in [0.1, 0.15) is 34.6 Å². The average Bonchev–Trinajstić information content (AvgIpc) is 2.94. The van der Waals surface area contributed by atoms with Crippen molar-refractivity contribution in [2.24, 2.45) is 0 Å². The fourth-order valence-corrected chi connectivity index (χ4v) is 4.74. The molecule has 0 heterocycles. The minimum absolute atomic E-state index is 0.0764. The van der Waals surface area contributed by atoms with Gasteiger partial charge in [-0.1, -0.05) is 55.8 Å². The summed E-state index contributed by atoms with van der Waals surface area (Å²) in [5, 5.41) is 0. The summed E-state index contributed by atoms with van der Waals surface area (Å²) in [6.45, 7) is 2.05. The molecular formula is C34H22F8O. The van der Waals surface area contributed by atoms with Crippen molar-refractivity contribution in [1.29, 1.82) is 0 Å². The van der Waals surface area contributed by atoms with Gasteiger partial charge in [-0.3, -0.25) is 0 Å². The summed E-state index contributed by atoms with van der Waals surface area (Å²) in [5.74, 6) is -8.57. The molecule has 0 spiro atoms. The molecule has 0 saturated heterocycles.